The van der Waals surface area contributed by atoms with Crippen molar-refractivity contribution < 1.29 is 0 Å². The molecule has 1 fully saturated rings. The molecule has 0 unspecified atom stereocenters. The van der Waals surface area contributed by atoms with Gasteiger partial charge in [0.05, 0.1) is 0 Å². The molecule has 2 heterocycles. The van der Waals surface area contributed by atoms with Gasteiger partial charge in [0.1, 0.15) is 0 Å². The number of H-pyrrole nitrogens is 1. The molecule has 0 amide bonds. The Morgan fingerprint density at radius 3 is 1.13 bits per heavy atom. The van der Waals surface area contributed by atoms with Crippen molar-refractivity contribution in [3.63, 3.8) is 0 Å². The van der Waals surface area contributed by atoms with Gasteiger partial charge in [0, 0.05) is 38.6 Å². The molecule has 1 saturated heterocycles. The van der Waals surface area contributed by atoms with Crippen LogP contribution in [0.4, 0.5) is 0 Å². The third-order valence-electron chi connectivity index (χ3n) is 3.33. The largest absolute Gasteiger partial charge is 0.368 e. The van der Waals surface area contributed by atoms with Crippen molar-refractivity contribution in [2.24, 2.45) is 0 Å². The molecule has 1 aliphatic rings. The zero-order valence-electron chi connectivity index (χ0n) is 13.4. The predicted molar refractivity (Wildman–Crippen MR) is 98.4 cm³/mol. The number of aromatic nitrogens is 1. The van der Waals surface area contributed by atoms with Gasteiger partial charge in [-0.1, -0.05) is 60.7 Å². The summed E-state index contributed by atoms with van der Waals surface area (Å²) in [6.07, 6.45) is 3.75. The first kappa shape index (κ1) is 17.0. The molecule has 23 heavy (non-hydrogen) atoms. The molecule has 1 aromatic heterocycles. The van der Waals surface area contributed by atoms with E-state index in [1.165, 1.54) is 11.1 Å². The van der Waals surface area contributed by atoms with Crippen LogP contribution < -0.4 is 10.6 Å². The fourth-order valence-corrected chi connectivity index (χ4v) is 2.14. The zero-order chi connectivity index (χ0) is 16.0. The van der Waals surface area contributed by atoms with Crippen LogP contribution in [-0.2, 0) is 0 Å². The quantitative estimate of drug-likeness (QED) is 0.643. The molecule has 3 aromatic rings. The number of aromatic amines is 1. The standard InChI is InChI=1S/C12H10.C4H10N2.C4H5N/c1-3-7-11(8-4-1)12-9-5-2-6-10-12;1-2-6-4-3-5-1;1-2-4-5-3-1/h1-10H;5-6H,1-4H2;1-5H. The van der Waals surface area contributed by atoms with Crippen LogP contribution in [0.3, 0.4) is 0 Å². The molecule has 120 valence electrons. The molecule has 0 radical (unpaired) electrons. The van der Waals surface area contributed by atoms with E-state index < -0.39 is 0 Å². The van der Waals surface area contributed by atoms with E-state index in [1.807, 2.05) is 36.7 Å². The van der Waals surface area contributed by atoms with E-state index in [4.69, 9.17) is 0 Å². The smallest absolute Gasteiger partial charge is 0.00772 e. The molecule has 0 aliphatic carbocycles. The Balaban J connectivity index is 0.000000145. The third-order valence-corrected chi connectivity index (χ3v) is 3.33. The van der Waals surface area contributed by atoms with Crippen LogP contribution >= 0.6 is 0 Å². The second-order valence-electron chi connectivity index (χ2n) is 5.12. The fourth-order valence-electron chi connectivity index (χ4n) is 2.14. The van der Waals surface area contributed by atoms with Gasteiger partial charge in [0.25, 0.3) is 0 Å². The topological polar surface area (TPSA) is 39.8 Å². The minimum Gasteiger partial charge on any atom is -0.368 e. The van der Waals surface area contributed by atoms with Crippen LogP contribution in [0.15, 0.2) is 85.2 Å². The molecule has 1 aliphatic heterocycles. The van der Waals surface area contributed by atoms with Crippen LogP contribution in [0.25, 0.3) is 11.1 Å². The Morgan fingerprint density at radius 1 is 0.478 bits per heavy atom. The van der Waals surface area contributed by atoms with Gasteiger partial charge in [0.15, 0.2) is 0 Å². The van der Waals surface area contributed by atoms with E-state index in [0.29, 0.717) is 0 Å². The average Bonchev–Trinajstić information content (AvgIpc) is 3.25. The van der Waals surface area contributed by atoms with E-state index in [9.17, 15) is 0 Å². The maximum Gasteiger partial charge on any atom is 0.00772 e. The summed E-state index contributed by atoms with van der Waals surface area (Å²) in [5.74, 6) is 0. The van der Waals surface area contributed by atoms with Crippen molar-refractivity contribution in [3.8, 4) is 11.1 Å². The first-order valence-corrected chi connectivity index (χ1v) is 8.06. The lowest BCUT2D eigenvalue weighted by Gasteiger charge is -2.11. The molecule has 0 atom stereocenters. The van der Waals surface area contributed by atoms with Crippen molar-refractivity contribution in [2.45, 2.75) is 0 Å². The third kappa shape index (κ3) is 7.45. The lowest BCUT2D eigenvalue weighted by Crippen LogP contribution is -2.39. The number of hydrogen-bond acceptors (Lipinski definition) is 2. The summed E-state index contributed by atoms with van der Waals surface area (Å²) >= 11 is 0. The molecule has 0 bridgehead atoms. The average molecular weight is 307 g/mol. The van der Waals surface area contributed by atoms with Crippen LogP contribution in [0.2, 0.25) is 0 Å². The Bertz CT molecular complexity index is 521. The summed E-state index contributed by atoms with van der Waals surface area (Å²) < 4.78 is 0. The normalized spacial score (nSPS) is 13.0. The highest BCUT2D eigenvalue weighted by Gasteiger charge is 1.92. The molecule has 4 rings (SSSR count). The first-order chi connectivity index (χ1) is 11.5. The number of benzene rings is 2. The van der Waals surface area contributed by atoms with Gasteiger partial charge in [-0.3, -0.25) is 0 Å². The van der Waals surface area contributed by atoms with Crippen LogP contribution in [0.1, 0.15) is 0 Å². The summed E-state index contributed by atoms with van der Waals surface area (Å²) in [5.41, 5.74) is 2.55. The summed E-state index contributed by atoms with van der Waals surface area (Å²) in [7, 11) is 0. The zero-order valence-corrected chi connectivity index (χ0v) is 13.4. The molecule has 3 heteroatoms. The van der Waals surface area contributed by atoms with Crippen LogP contribution in [0, 0.1) is 0 Å². The highest BCUT2D eigenvalue weighted by Crippen LogP contribution is 2.17. The number of rotatable bonds is 1. The van der Waals surface area contributed by atoms with E-state index in [2.05, 4.69) is 64.1 Å². The Hall–Kier alpha value is -2.36. The van der Waals surface area contributed by atoms with E-state index in [1.54, 1.807) is 0 Å². The maximum absolute atomic E-state index is 3.22. The molecule has 0 spiro atoms. The van der Waals surface area contributed by atoms with Gasteiger partial charge in [0.2, 0.25) is 0 Å². The monoisotopic (exact) mass is 307 g/mol. The summed E-state index contributed by atoms with van der Waals surface area (Å²) in [4.78, 5) is 2.86. The molecule has 2 aromatic carbocycles. The highest BCUT2D eigenvalue weighted by molar-refractivity contribution is 5.62. The summed E-state index contributed by atoms with van der Waals surface area (Å²) in [6.45, 7) is 4.56. The van der Waals surface area contributed by atoms with E-state index >= 15 is 0 Å². The molecular weight excluding hydrogens is 282 g/mol. The Morgan fingerprint density at radius 2 is 0.870 bits per heavy atom. The second-order valence-corrected chi connectivity index (χ2v) is 5.12. The molecular formula is C20H25N3. The van der Waals surface area contributed by atoms with Crippen LogP contribution in [0.5, 0.6) is 0 Å². The van der Waals surface area contributed by atoms with Crippen molar-refractivity contribution >= 4 is 0 Å². The lowest BCUT2D eigenvalue weighted by molar-refractivity contribution is 0.534. The van der Waals surface area contributed by atoms with Gasteiger partial charge < -0.3 is 15.6 Å². The summed E-state index contributed by atoms with van der Waals surface area (Å²) in [6, 6.07) is 24.7. The first-order valence-electron chi connectivity index (χ1n) is 8.06. The highest BCUT2D eigenvalue weighted by atomic mass is 15.0. The van der Waals surface area contributed by atoms with Crippen molar-refractivity contribution in [2.75, 3.05) is 26.2 Å². The second kappa shape index (κ2) is 11.2. The van der Waals surface area contributed by atoms with E-state index in [0.717, 1.165) is 26.2 Å². The van der Waals surface area contributed by atoms with Gasteiger partial charge >= 0.3 is 0 Å². The minimum absolute atomic E-state index is 1.14. The van der Waals surface area contributed by atoms with Crippen molar-refractivity contribution in [1.29, 1.82) is 0 Å². The SMILES string of the molecule is C1CNCCN1.c1cc[nH]c1.c1ccc(-c2ccccc2)cc1. The molecule has 3 N–H and O–H groups in total. The van der Waals surface area contributed by atoms with E-state index in [-0.39, 0.29) is 0 Å². The number of hydrogen-bond donors (Lipinski definition) is 3. The summed E-state index contributed by atoms with van der Waals surface area (Å²) in [5, 5.41) is 6.44. The van der Waals surface area contributed by atoms with Crippen molar-refractivity contribution in [3.05, 3.63) is 85.2 Å². The Kier molecular flexibility index (Phi) is 8.31. The lowest BCUT2D eigenvalue weighted by atomic mass is 10.1. The maximum atomic E-state index is 3.22. The number of piperazine rings is 1. The van der Waals surface area contributed by atoms with Crippen molar-refractivity contribution in [1.82, 2.24) is 15.6 Å². The van der Waals surface area contributed by atoms with Gasteiger partial charge in [-0.2, -0.15) is 0 Å². The van der Waals surface area contributed by atoms with Gasteiger partial charge in [-0.15, -0.1) is 0 Å². The van der Waals surface area contributed by atoms with Crippen LogP contribution in [-0.4, -0.2) is 31.2 Å². The minimum atomic E-state index is 1.14. The fraction of sp³-hybridized carbons (Fsp3) is 0.200. The molecule has 0 saturated carbocycles. The molecule has 3 nitrogen and oxygen atoms in total. The Labute approximate surface area is 138 Å². The van der Waals surface area contributed by atoms with Gasteiger partial charge in [-0.05, 0) is 23.3 Å². The predicted octanol–water partition coefficient (Wildman–Crippen LogP) is 3.55. The van der Waals surface area contributed by atoms with Gasteiger partial charge in [-0.25, -0.2) is 0 Å². The number of nitrogens with one attached hydrogen (secondary N) is 3.